The topological polar surface area (TPSA) is 20.2 Å². The van der Waals surface area contributed by atoms with E-state index < -0.39 is 0 Å². The number of allylic oxidation sites excluding steroid dienone is 1. The van der Waals surface area contributed by atoms with Crippen molar-refractivity contribution in [2.24, 2.45) is 11.3 Å². The van der Waals surface area contributed by atoms with Crippen LogP contribution in [0.4, 0.5) is 0 Å². The van der Waals surface area contributed by atoms with Crippen LogP contribution in [0.3, 0.4) is 0 Å². The van der Waals surface area contributed by atoms with Gasteiger partial charge in [0, 0.05) is 0 Å². The second-order valence-electron chi connectivity index (χ2n) is 5.87. The van der Waals surface area contributed by atoms with Gasteiger partial charge in [-0.1, -0.05) is 46.8 Å². The summed E-state index contributed by atoms with van der Waals surface area (Å²) in [7, 11) is 0. The third-order valence-electron chi connectivity index (χ3n) is 2.45. The predicted molar refractivity (Wildman–Crippen MR) is 67.9 cm³/mol. The van der Waals surface area contributed by atoms with E-state index in [9.17, 15) is 5.11 Å². The average molecular weight is 212 g/mol. The molecule has 0 aromatic heterocycles. The van der Waals surface area contributed by atoms with E-state index in [0.29, 0.717) is 11.3 Å². The van der Waals surface area contributed by atoms with Crippen LogP contribution in [0.2, 0.25) is 0 Å². The van der Waals surface area contributed by atoms with Gasteiger partial charge in [0.15, 0.2) is 0 Å². The van der Waals surface area contributed by atoms with Gasteiger partial charge in [0.2, 0.25) is 0 Å². The zero-order valence-electron chi connectivity index (χ0n) is 11.1. The average Bonchev–Trinajstić information content (AvgIpc) is 2.00. The Morgan fingerprint density at radius 1 is 1.20 bits per heavy atom. The smallest absolute Gasteiger partial charge is 0.0577 e. The lowest BCUT2D eigenvalue weighted by Gasteiger charge is -2.24. The molecule has 1 N–H and O–H groups in total. The minimum Gasteiger partial charge on any atom is -0.393 e. The number of rotatable bonds is 6. The fourth-order valence-electron chi connectivity index (χ4n) is 2.11. The van der Waals surface area contributed by atoms with Gasteiger partial charge >= 0.3 is 0 Å². The second-order valence-corrected chi connectivity index (χ2v) is 5.87. The van der Waals surface area contributed by atoms with Crippen molar-refractivity contribution >= 4 is 0 Å². The Balaban J connectivity index is 3.76. The van der Waals surface area contributed by atoms with Crippen LogP contribution in [0.25, 0.3) is 0 Å². The first kappa shape index (κ1) is 14.7. The first-order valence-electron chi connectivity index (χ1n) is 6.18. The van der Waals surface area contributed by atoms with Crippen LogP contribution in [-0.2, 0) is 0 Å². The van der Waals surface area contributed by atoms with Crippen LogP contribution in [0, 0.1) is 11.3 Å². The summed E-state index contributed by atoms with van der Waals surface area (Å²) in [6.45, 7) is 11.1. The molecule has 0 heterocycles. The quantitative estimate of drug-likeness (QED) is 0.655. The molecular weight excluding hydrogens is 184 g/mol. The van der Waals surface area contributed by atoms with Crippen molar-refractivity contribution in [1.29, 1.82) is 0 Å². The molecule has 0 aromatic rings. The van der Waals surface area contributed by atoms with Crippen LogP contribution in [0.5, 0.6) is 0 Å². The van der Waals surface area contributed by atoms with E-state index in [2.05, 4.69) is 46.8 Å². The molecule has 0 aliphatic heterocycles. The SMILES string of the molecule is CCC=CCC(O)CC(C)CC(C)(C)C. The highest BCUT2D eigenvalue weighted by atomic mass is 16.3. The van der Waals surface area contributed by atoms with E-state index in [1.54, 1.807) is 0 Å². The van der Waals surface area contributed by atoms with Crippen LogP contribution < -0.4 is 0 Å². The van der Waals surface area contributed by atoms with Crippen LogP contribution in [-0.4, -0.2) is 11.2 Å². The van der Waals surface area contributed by atoms with Crippen molar-refractivity contribution in [3.63, 3.8) is 0 Å². The minimum absolute atomic E-state index is 0.162. The summed E-state index contributed by atoms with van der Waals surface area (Å²) in [4.78, 5) is 0. The molecule has 2 atom stereocenters. The Labute approximate surface area is 95.6 Å². The Morgan fingerprint density at radius 2 is 1.80 bits per heavy atom. The summed E-state index contributed by atoms with van der Waals surface area (Å²) in [5.74, 6) is 0.607. The molecule has 0 saturated heterocycles. The lowest BCUT2D eigenvalue weighted by molar-refractivity contribution is 0.135. The van der Waals surface area contributed by atoms with E-state index >= 15 is 0 Å². The van der Waals surface area contributed by atoms with Crippen LogP contribution in [0.15, 0.2) is 12.2 Å². The highest BCUT2D eigenvalue weighted by molar-refractivity contribution is 4.83. The standard InChI is InChI=1S/C14H28O/c1-6-7-8-9-13(15)10-12(2)11-14(3,4)5/h7-8,12-13,15H,6,9-11H2,1-5H3. The highest BCUT2D eigenvalue weighted by Gasteiger charge is 2.17. The molecular formula is C14H28O. The van der Waals surface area contributed by atoms with Crippen molar-refractivity contribution in [3.8, 4) is 0 Å². The third kappa shape index (κ3) is 9.99. The van der Waals surface area contributed by atoms with Gasteiger partial charge < -0.3 is 5.11 Å². The van der Waals surface area contributed by atoms with Crippen molar-refractivity contribution in [1.82, 2.24) is 0 Å². The lowest BCUT2D eigenvalue weighted by Crippen LogP contribution is -2.16. The van der Waals surface area contributed by atoms with Gasteiger partial charge in [0.1, 0.15) is 0 Å². The molecule has 2 unspecified atom stereocenters. The van der Waals surface area contributed by atoms with Gasteiger partial charge in [-0.15, -0.1) is 0 Å². The monoisotopic (exact) mass is 212 g/mol. The summed E-state index contributed by atoms with van der Waals surface area (Å²) >= 11 is 0. The van der Waals surface area contributed by atoms with Crippen molar-refractivity contribution < 1.29 is 5.11 Å². The first-order valence-corrected chi connectivity index (χ1v) is 6.18. The maximum atomic E-state index is 9.79. The molecule has 0 rings (SSSR count). The Hall–Kier alpha value is -0.300. The molecule has 0 amide bonds. The Bertz CT molecular complexity index is 176. The number of hydrogen-bond acceptors (Lipinski definition) is 1. The molecule has 1 nitrogen and oxygen atoms in total. The maximum Gasteiger partial charge on any atom is 0.0577 e. The third-order valence-corrected chi connectivity index (χ3v) is 2.45. The van der Waals surface area contributed by atoms with Crippen LogP contribution in [0.1, 0.15) is 60.3 Å². The Morgan fingerprint density at radius 3 is 2.27 bits per heavy atom. The largest absolute Gasteiger partial charge is 0.393 e. The lowest BCUT2D eigenvalue weighted by atomic mass is 9.83. The fraction of sp³-hybridized carbons (Fsp3) is 0.857. The normalized spacial score (nSPS) is 16.9. The molecule has 0 bridgehead atoms. The van der Waals surface area contributed by atoms with Crippen molar-refractivity contribution in [2.45, 2.75) is 66.4 Å². The zero-order chi connectivity index (χ0) is 11.9. The van der Waals surface area contributed by atoms with E-state index in [1.807, 2.05) is 0 Å². The summed E-state index contributed by atoms with van der Waals surface area (Å²) in [6, 6.07) is 0. The number of hydrogen-bond donors (Lipinski definition) is 1. The van der Waals surface area contributed by atoms with E-state index in [0.717, 1.165) is 19.3 Å². The summed E-state index contributed by atoms with van der Waals surface area (Å²) < 4.78 is 0. The molecule has 90 valence electrons. The summed E-state index contributed by atoms with van der Waals surface area (Å²) in [6.07, 6.45) is 8.02. The molecule has 0 aliphatic carbocycles. The summed E-state index contributed by atoms with van der Waals surface area (Å²) in [5.41, 5.74) is 0.373. The second kappa shape index (κ2) is 7.05. The van der Waals surface area contributed by atoms with E-state index in [1.165, 1.54) is 6.42 Å². The Kier molecular flexibility index (Phi) is 6.91. The van der Waals surface area contributed by atoms with Gasteiger partial charge in [-0.25, -0.2) is 0 Å². The molecule has 0 radical (unpaired) electrons. The number of aliphatic hydroxyl groups is 1. The van der Waals surface area contributed by atoms with Gasteiger partial charge in [-0.2, -0.15) is 0 Å². The van der Waals surface area contributed by atoms with Gasteiger partial charge in [0.25, 0.3) is 0 Å². The molecule has 0 aromatic carbocycles. The van der Waals surface area contributed by atoms with E-state index in [4.69, 9.17) is 0 Å². The fourth-order valence-corrected chi connectivity index (χ4v) is 2.11. The zero-order valence-corrected chi connectivity index (χ0v) is 11.1. The van der Waals surface area contributed by atoms with Gasteiger partial charge in [-0.05, 0) is 37.0 Å². The molecule has 0 spiro atoms. The van der Waals surface area contributed by atoms with Gasteiger partial charge in [0.05, 0.1) is 6.10 Å². The maximum absolute atomic E-state index is 9.79. The molecule has 15 heavy (non-hydrogen) atoms. The minimum atomic E-state index is -0.162. The number of aliphatic hydroxyl groups excluding tert-OH is 1. The molecule has 0 saturated carbocycles. The van der Waals surface area contributed by atoms with Crippen LogP contribution >= 0.6 is 0 Å². The van der Waals surface area contributed by atoms with Gasteiger partial charge in [-0.3, -0.25) is 0 Å². The molecule has 0 fully saturated rings. The predicted octanol–water partition coefficient (Wildman–Crippen LogP) is 4.17. The van der Waals surface area contributed by atoms with E-state index in [-0.39, 0.29) is 6.10 Å². The first-order chi connectivity index (χ1) is 6.85. The molecule has 1 heteroatoms. The van der Waals surface area contributed by atoms with Crippen molar-refractivity contribution in [3.05, 3.63) is 12.2 Å². The molecule has 0 aliphatic rings. The summed E-state index contributed by atoms with van der Waals surface area (Å²) in [5, 5.41) is 9.79. The highest BCUT2D eigenvalue weighted by Crippen LogP contribution is 2.27. The van der Waals surface area contributed by atoms with Crippen molar-refractivity contribution in [2.75, 3.05) is 0 Å².